The zero-order valence-corrected chi connectivity index (χ0v) is 13.5. The molecule has 0 aliphatic heterocycles. The first-order valence-electron chi connectivity index (χ1n) is 5.75. The molecule has 2 rings (SSSR count). The topological polar surface area (TPSA) is 68.1 Å². The van der Waals surface area contributed by atoms with Gasteiger partial charge in [0.05, 0.1) is 19.2 Å². The Hall–Kier alpha value is -1.29. The van der Waals surface area contributed by atoms with Crippen LogP contribution in [-0.4, -0.2) is 16.5 Å². The Morgan fingerprint density at radius 3 is 2.90 bits per heavy atom. The van der Waals surface area contributed by atoms with Crippen LogP contribution in [0.15, 0.2) is 17.5 Å². The smallest absolute Gasteiger partial charge is 0.293 e. The first-order valence-corrected chi connectivity index (χ1v) is 7.71. The van der Waals surface area contributed by atoms with E-state index in [1.165, 1.54) is 6.07 Å². The Morgan fingerprint density at radius 2 is 2.30 bits per heavy atom. The summed E-state index contributed by atoms with van der Waals surface area (Å²) in [6.07, 6.45) is 0.634. The van der Waals surface area contributed by atoms with Crippen LogP contribution in [-0.2, 0) is 6.42 Å². The first-order chi connectivity index (χ1) is 9.47. The molecule has 20 heavy (non-hydrogen) atoms. The van der Waals surface area contributed by atoms with Crippen LogP contribution in [0, 0.1) is 26.4 Å². The highest BCUT2D eigenvalue weighted by molar-refractivity contribution is 14.1. The van der Waals surface area contributed by atoms with Gasteiger partial charge in [-0.25, -0.2) is 9.37 Å². The van der Waals surface area contributed by atoms with Crippen molar-refractivity contribution in [1.82, 2.24) is 4.98 Å². The fourth-order valence-corrected chi connectivity index (χ4v) is 2.78. The number of rotatable bonds is 5. The summed E-state index contributed by atoms with van der Waals surface area (Å²) in [5, 5.41) is 16.8. The number of hydrogen-bond acceptors (Lipinski definition) is 5. The van der Waals surface area contributed by atoms with Gasteiger partial charge < -0.3 is 5.32 Å². The maximum atomic E-state index is 13.5. The van der Waals surface area contributed by atoms with Crippen LogP contribution in [0.5, 0.6) is 0 Å². The summed E-state index contributed by atoms with van der Waals surface area (Å²) in [6, 6.07) is 2.39. The summed E-state index contributed by atoms with van der Waals surface area (Å²) in [6.45, 7) is 2.38. The molecule has 0 atom stereocenters. The van der Waals surface area contributed by atoms with E-state index in [-0.39, 0.29) is 14.9 Å². The molecule has 106 valence electrons. The SMILES string of the molecule is Cc1nc(CCNc2cc(F)c(I)cc2[N+](=O)[O-])cs1. The lowest BCUT2D eigenvalue weighted by Gasteiger charge is -2.07. The molecule has 8 heteroatoms. The van der Waals surface area contributed by atoms with Gasteiger partial charge in [0.2, 0.25) is 0 Å². The predicted molar refractivity (Wildman–Crippen MR) is 84.8 cm³/mol. The zero-order valence-electron chi connectivity index (χ0n) is 10.5. The number of nitrogens with one attached hydrogen (secondary N) is 1. The highest BCUT2D eigenvalue weighted by Gasteiger charge is 2.17. The van der Waals surface area contributed by atoms with Gasteiger partial charge in [-0.3, -0.25) is 10.1 Å². The van der Waals surface area contributed by atoms with Crippen molar-refractivity contribution in [1.29, 1.82) is 0 Å². The third-order valence-corrected chi connectivity index (χ3v) is 4.25. The van der Waals surface area contributed by atoms with Crippen molar-refractivity contribution in [2.75, 3.05) is 11.9 Å². The van der Waals surface area contributed by atoms with Crippen molar-refractivity contribution >= 4 is 45.3 Å². The van der Waals surface area contributed by atoms with Gasteiger partial charge in [0.15, 0.2) is 0 Å². The molecule has 0 radical (unpaired) electrons. The largest absolute Gasteiger partial charge is 0.379 e. The molecule has 0 spiro atoms. The second-order valence-electron chi connectivity index (χ2n) is 4.08. The summed E-state index contributed by atoms with van der Waals surface area (Å²) in [7, 11) is 0. The van der Waals surface area contributed by atoms with Crippen molar-refractivity contribution in [2.24, 2.45) is 0 Å². The molecule has 0 bridgehead atoms. The second kappa shape index (κ2) is 6.44. The summed E-state index contributed by atoms with van der Waals surface area (Å²) >= 11 is 3.29. The molecule has 2 aromatic rings. The fourth-order valence-electron chi connectivity index (χ4n) is 1.68. The van der Waals surface area contributed by atoms with Gasteiger partial charge in [0.1, 0.15) is 11.5 Å². The Bertz CT molecular complexity index is 648. The van der Waals surface area contributed by atoms with E-state index in [9.17, 15) is 14.5 Å². The van der Waals surface area contributed by atoms with Crippen molar-refractivity contribution in [3.8, 4) is 0 Å². The molecule has 1 aromatic carbocycles. The third-order valence-electron chi connectivity index (χ3n) is 2.60. The van der Waals surface area contributed by atoms with Gasteiger partial charge in [0.25, 0.3) is 5.69 Å². The van der Waals surface area contributed by atoms with Gasteiger partial charge in [-0.15, -0.1) is 11.3 Å². The van der Waals surface area contributed by atoms with Crippen LogP contribution >= 0.6 is 33.9 Å². The number of nitrogens with zero attached hydrogens (tertiary/aromatic N) is 2. The number of halogens is 2. The number of anilines is 1. The summed E-state index contributed by atoms with van der Waals surface area (Å²) in [5.41, 5.74) is 0.999. The van der Waals surface area contributed by atoms with Gasteiger partial charge in [-0.1, -0.05) is 0 Å². The highest BCUT2D eigenvalue weighted by Crippen LogP contribution is 2.28. The van der Waals surface area contributed by atoms with Crippen LogP contribution in [0.1, 0.15) is 10.7 Å². The standard InChI is InChI=1S/C12H11FIN3O2S/c1-7-16-8(6-20-7)2-3-15-11-4-9(13)10(14)5-12(11)17(18)19/h4-6,15H,2-3H2,1H3. The van der Waals surface area contributed by atoms with Crippen LogP contribution in [0.2, 0.25) is 0 Å². The van der Waals surface area contributed by atoms with Crippen molar-refractivity contribution in [3.63, 3.8) is 0 Å². The van der Waals surface area contributed by atoms with E-state index in [0.717, 1.165) is 16.8 Å². The zero-order chi connectivity index (χ0) is 14.7. The Morgan fingerprint density at radius 1 is 1.55 bits per heavy atom. The van der Waals surface area contributed by atoms with Crippen molar-refractivity contribution in [2.45, 2.75) is 13.3 Å². The van der Waals surface area contributed by atoms with Gasteiger partial charge in [-0.2, -0.15) is 0 Å². The summed E-state index contributed by atoms with van der Waals surface area (Å²) in [4.78, 5) is 14.7. The Balaban J connectivity index is 2.08. The van der Waals surface area contributed by atoms with Gasteiger partial charge in [0, 0.05) is 30.5 Å². The Kier molecular flexibility index (Phi) is 4.86. The van der Waals surface area contributed by atoms with E-state index in [4.69, 9.17) is 0 Å². The summed E-state index contributed by atoms with van der Waals surface area (Å²) in [5.74, 6) is -0.469. The molecular formula is C12H11FIN3O2S. The Labute approximate surface area is 132 Å². The monoisotopic (exact) mass is 407 g/mol. The minimum atomic E-state index is -0.517. The van der Waals surface area contributed by atoms with Crippen molar-refractivity contribution < 1.29 is 9.31 Å². The molecule has 0 aliphatic rings. The highest BCUT2D eigenvalue weighted by atomic mass is 127. The maximum Gasteiger partial charge on any atom is 0.293 e. The molecule has 1 heterocycles. The number of benzene rings is 1. The van der Waals surface area contributed by atoms with E-state index in [2.05, 4.69) is 10.3 Å². The number of thiazole rings is 1. The number of nitro benzene ring substituents is 1. The average molecular weight is 407 g/mol. The molecular weight excluding hydrogens is 396 g/mol. The van der Waals surface area contributed by atoms with Crippen LogP contribution < -0.4 is 5.32 Å². The molecule has 5 nitrogen and oxygen atoms in total. The molecule has 0 saturated heterocycles. The number of aromatic nitrogens is 1. The van der Waals surface area contributed by atoms with Gasteiger partial charge in [-0.05, 0) is 29.5 Å². The van der Waals surface area contributed by atoms with Crippen LogP contribution in [0.25, 0.3) is 0 Å². The number of hydrogen-bond donors (Lipinski definition) is 1. The molecule has 0 amide bonds. The fraction of sp³-hybridized carbons (Fsp3) is 0.250. The molecule has 1 N–H and O–H groups in total. The number of nitro groups is 1. The molecule has 0 fully saturated rings. The summed E-state index contributed by atoms with van der Waals surface area (Å²) < 4.78 is 13.7. The van der Waals surface area contributed by atoms with Crippen LogP contribution in [0.4, 0.5) is 15.8 Å². The van der Waals surface area contributed by atoms with Crippen molar-refractivity contribution in [3.05, 3.63) is 47.7 Å². The molecule has 0 aliphatic carbocycles. The predicted octanol–water partition coefficient (Wildman–Crippen LogP) is 3.76. The van der Waals surface area contributed by atoms with E-state index in [1.807, 2.05) is 12.3 Å². The molecule has 0 unspecified atom stereocenters. The molecule has 1 aromatic heterocycles. The van der Waals surface area contributed by atoms with E-state index < -0.39 is 10.7 Å². The quantitative estimate of drug-likeness (QED) is 0.466. The molecule has 0 saturated carbocycles. The van der Waals surface area contributed by atoms with Crippen LogP contribution in [0.3, 0.4) is 0 Å². The average Bonchev–Trinajstić information content (AvgIpc) is 2.79. The first kappa shape index (κ1) is 15.1. The lowest BCUT2D eigenvalue weighted by Crippen LogP contribution is -2.08. The second-order valence-corrected chi connectivity index (χ2v) is 6.30. The normalized spacial score (nSPS) is 10.6. The third kappa shape index (κ3) is 3.63. The minimum absolute atomic E-state index is 0.120. The van der Waals surface area contributed by atoms with E-state index >= 15 is 0 Å². The lowest BCUT2D eigenvalue weighted by molar-refractivity contribution is -0.384. The van der Waals surface area contributed by atoms with Gasteiger partial charge >= 0.3 is 0 Å². The lowest BCUT2D eigenvalue weighted by atomic mass is 10.2. The van der Waals surface area contributed by atoms with E-state index in [1.54, 1.807) is 33.9 Å². The maximum absolute atomic E-state index is 13.5. The van der Waals surface area contributed by atoms with E-state index in [0.29, 0.717) is 13.0 Å². The minimum Gasteiger partial charge on any atom is -0.379 e. The number of aryl methyl sites for hydroxylation is 1.